The van der Waals surface area contributed by atoms with Crippen LogP contribution in [0.1, 0.15) is 73.0 Å². The van der Waals surface area contributed by atoms with Crippen molar-refractivity contribution in [1.82, 2.24) is 14.2 Å². The zero-order chi connectivity index (χ0) is 47.2. The Kier molecular flexibility index (Phi) is 18.0. The minimum atomic E-state index is -1.86. The Labute approximate surface area is 388 Å². The first-order valence-corrected chi connectivity index (χ1v) is 23.0. The number of carbonyl (C=O) groups is 1. The van der Waals surface area contributed by atoms with Crippen molar-refractivity contribution in [3.63, 3.8) is 0 Å². The molecule has 350 valence electrons. The molecule has 5 aromatic rings. The summed E-state index contributed by atoms with van der Waals surface area (Å²) in [6, 6.07) is 36.1. The Morgan fingerprint density at radius 1 is 0.833 bits per heavy atom. The molecular weight excluding hydrogens is 862 g/mol. The number of hydrogen-bond acceptors (Lipinski definition) is 13. The molecule has 0 bridgehead atoms. The first kappa shape index (κ1) is 49.9. The van der Waals surface area contributed by atoms with Crippen molar-refractivity contribution >= 4 is 20.3 Å². The number of nitrogens with one attached hydrogen (secondary N) is 1. The summed E-state index contributed by atoms with van der Waals surface area (Å²) in [6.45, 7) is 10.3. The molecule has 0 radical (unpaired) electrons. The second-order valence-corrected chi connectivity index (χ2v) is 17.5. The minimum absolute atomic E-state index is 0.0251. The van der Waals surface area contributed by atoms with E-state index in [1.807, 2.05) is 84.9 Å². The quantitative estimate of drug-likeness (QED) is 0.0378. The first-order valence-electron chi connectivity index (χ1n) is 21.9. The zero-order valence-electron chi connectivity index (χ0n) is 38.8. The van der Waals surface area contributed by atoms with Crippen molar-refractivity contribution in [2.45, 2.75) is 83.3 Å². The molecule has 1 N–H and O–H groups in total. The van der Waals surface area contributed by atoms with Crippen LogP contribution < -0.4 is 20.5 Å². The van der Waals surface area contributed by atoms with Gasteiger partial charge in [0.15, 0.2) is 6.23 Å². The van der Waals surface area contributed by atoms with Gasteiger partial charge in [-0.3, -0.25) is 9.36 Å². The third kappa shape index (κ3) is 11.7. The summed E-state index contributed by atoms with van der Waals surface area (Å²) < 4.78 is 54.7. The van der Waals surface area contributed by atoms with E-state index in [-0.39, 0.29) is 50.7 Å². The van der Waals surface area contributed by atoms with Gasteiger partial charge in [-0.15, -0.1) is 0 Å². The van der Waals surface area contributed by atoms with Gasteiger partial charge in [0, 0.05) is 36.5 Å². The number of benzene rings is 4. The van der Waals surface area contributed by atoms with Crippen molar-refractivity contribution < 1.29 is 42.3 Å². The summed E-state index contributed by atoms with van der Waals surface area (Å²) in [4.78, 5) is 31.8. The lowest BCUT2D eigenvalue weighted by Crippen LogP contribution is -2.43. The molecule has 1 aliphatic rings. The van der Waals surface area contributed by atoms with Crippen molar-refractivity contribution in [2.75, 3.05) is 53.1 Å². The number of amides is 1. The molecule has 0 spiro atoms. The summed E-state index contributed by atoms with van der Waals surface area (Å²) in [7, 11) is 2.95. The molecule has 4 aromatic carbocycles. The van der Waals surface area contributed by atoms with E-state index < -0.39 is 50.3 Å². The average Bonchev–Trinajstić information content (AvgIpc) is 3.66. The van der Waals surface area contributed by atoms with Crippen LogP contribution in [0.4, 0.5) is 5.82 Å². The normalized spacial score (nSPS) is 17.8. The van der Waals surface area contributed by atoms with Crippen LogP contribution in [0.3, 0.4) is 0 Å². The molecule has 1 amide bonds. The Hall–Kier alpha value is -5.53. The van der Waals surface area contributed by atoms with Crippen LogP contribution in [-0.2, 0) is 33.6 Å². The molecule has 0 saturated carbocycles. The van der Waals surface area contributed by atoms with Gasteiger partial charge in [-0.2, -0.15) is 10.2 Å². The number of hydrogen-bond donors (Lipinski definition) is 1. The lowest BCUT2D eigenvalue weighted by Gasteiger charge is -2.39. The van der Waals surface area contributed by atoms with Gasteiger partial charge in [0.25, 0.3) is 14.4 Å². The van der Waals surface area contributed by atoms with E-state index in [4.69, 9.17) is 37.5 Å². The van der Waals surface area contributed by atoms with E-state index in [2.05, 4.69) is 48.7 Å². The van der Waals surface area contributed by atoms with Crippen LogP contribution in [0.5, 0.6) is 11.5 Å². The van der Waals surface area contributed by atoms with E-state index in [0.717, 1.165) is 16.7 Å². The lowest BCUT2D eigenvalue weighted by atomic mass is 9.80. The summed E-state index contributed by atoms with van der Waals surface area (Å²) in [6.07, 6.45) is -2.14. The molecule has 66 heavy (non-hydrogen) atoms. The van der Waals surface area contributed by atoms with Crippen molar-refractivity contribution in [1.29, 1.82) is 5.26 Å². The number of nitrogens with zero attached hydrogens (tertiary/aromatic N) is 4. The fourth-order valence-corrected chi connectivity index (χ4v) is 9.73. The predicted molar refractivity (Wildman–Crippen MR) is 252 cm³/mol. The van der Waals surface area contributed by atoms with Gasteiger partial charge in [-0.25, -0.2) is 9.46 Å². The Balaban J connectivity index is 1.49. The molecule has 0 aliphatic carbocycles. The number of ether oxygens (including phenoxy) is 6. The fourth-order valence-electron chi connectivity index (χ4n) is 7.96. The third-order valence-electron chi connectivity index (χ3n) is 11.1. The maximum atomic E-state index is 14.2. The van der Waals surface area contributed by atoms with Crippen LogP contribution in [-0.4, -0.2) is 98.3 Å². The van der Waals surface area contributed by atoms with E-state index >= 15 is 0 Å². The molecule has 2 heterocycles. The van der Waals surface area contributed by atoms with Gasteiger partial charge >= 0.3 is 5.69 Å². The number of aromatic nitrogens is 2. The first-order chi connectivity index (χ1) is 31.9. The zero-order valence-corrected chi connectivity index (χ0v) is 39.7. The van der Waals surface area contributed by atoms with Gasteiger partial charge in [-0.05, 0) is 87.7 Å². The van der Waals surface area contributed by atoms with Gasteiger partial charge in [-0.1, -0.05) is 72.8 Å². The van der Waals surface area contributed by atoms with Crippen molar-refractivity contribution in [2.24, 2.45) is 0 Å². The van der Waals surface area contributed by atoms with Gasteiger partial charge in [0.2, 0.25) is 0 Å². The third-order valence-corrected chi connectivity index (χ3v) is 13.2. The lowest BCUT2D eigenvalue weighted by molar-refractivity contribution is -0.0991. The number of aryl methyl sites for hydroxylation is 1. The highest BCUT2D eigenvalue weighted by Crippen LogP contribution is 2.51. The number of nitriles is 1. The largest absolute Gasteiger partial charge is 0.497 e. The van der Waals surface area contributed by atoms with Crippen molar-refractivity contribution in [3.05, 3.63) is 154 Å². The Bertz CT molecular complexity index is 2340. The molecule has 1 saturated heterocycles. The maximum absolute atomic E-state index is 14.2. The SMILES string of the molecule is COCCOC1[C@@H](OP(OCCC#N)N(C(C)C)C(C)C)[C@@H](COC(c2ccccc2)(c2ccc(OC)cc2)c2ccc(OC)cc2)O[C@H]1n1cc(C)c(NC(=O)c2ccccc2)nc1=O. The standard InChI is InChI=1S/C50H60N5O10P/c1-34(2)55(35(3)4)66(63-29-15-28-51)65-44-43(33-62-50(38-18-13-10-14-19-38,39-20-24-41(59-7)25-21-39)40-22-26-42(60-8)27-23-40)64-48(45(44)61-31-30-58-6)54-32-36(5)46(53-49(54)57)52-47(56)37-16-11-9-12-17-37/h9-14,16-27,32,34-35,43-45,48H,15,29-31,33H2,1-8H3,(H,52,53,56,57)/t43-,44+,45?,48-,66?/m1/s1. The molecular formula is C50H60N5O10P. The summed E-state index contributed by atoms with van der Waals surface area (Å²) in [5.41, 5.74) is 1.43. The molecule has 1 aliphatic heterocycles. The monoisotopic (exact) mass is 921 g/mol. The fraction of sp³-hybridized carbons (Fsp3) is 0.400. The Morgan fingerprint density at radius 2 is 1.41 bits per heavy atom. The molecule has 16 heteroatoms. The second-order valence-electron chi connectivity index (χ2n) is 16.1. The molecule has 1 aromatic heterocycles. The van der Waals surface area contributed by atoms with Gasteiger partial charge < -0.3 is 42.8 Å². The van der Waals surface area contributed by atoms with Crippen LogP contribution >= 0.6 is 8.53 Å². The summed E-state index contributed by atoms with van der Waals surface area (Å²) >= 11 is 0. The molecule has 1 fully saturated rings. The topological polar surface area (TPSA) is 165 Å². The number of rotatable bonds is 23. The highest BCUT2D eigenvalue weighted by atomic mass is 31.2. The number of carbonyl (C=O) groups excluding carboxylic acids is 1. The molecule has 6 rings (SSSR count). The molecule has 15 nitrogen and oxygen atoms in total. The summed E-state index contributed by atoms with van der Waals surface area (Å²) in [5, 5.41) is 12.3. The molecule has 5 atom stereocenters. The predicted octanol–water partition coefficient (Wildman–Crippen LogP) is 8.42. The van der Waals surface area contributed by atoms with Crippen LogP contribution in [0.15, 0.2) is 120 Å². The highest BCUT2D eigenvalue weighted by Gasteiger charge is 2.51. The highest BCUT2D eigenvalue weighted by molar-refractivity contribution is 7.44. The smallest absolute Gasteiger partial charge is 0.351 e. The summed E-state index contributed by atoms with van der Waals surface area (Å²) in [5.74, 6) is 1.04. The van der Waals surface area contributed by atoms with Crippen molar-refractivity contribution in [3.8, 4) is 17.6 Å². The Morgan fingerprint density at radius 3 is 1.95 bits per heavy atom. The second kappa shape index (κ2) is 23.8. The molecule has 2 unspecified atom stereocenters. The number of methoxy groups -OCH3 is 3. The van der Waals surface area contributed by atoms with E-state index in [9.17, 15) is 14.9 Å². The van der Waals surface area contributed by atoms with Crippen LogP contribution in [0.25, 0.3) is 0 Å². The minimum Gasteiger partial charge on any atom is -0.497 e. The van der Waals surface area contributed by atoms with Gasteiger partial charge in [0.05, 0.1) is 53.1 Å². The number of anilines is 1. The average molecular weight is 922 g/mol. The van der Waals surface area contributed by atoms with E-state index in [1.54, 1.807) is 58.7 Å². The van der Waals surface area contributed by atoms with E-state index in [0.29, 0.717) is 22.6 Å². The maximum Gasteiger partial charge on any atom is 0.351 e. The van der Waals surface area contributed by atoms with Crippen LogP contribution in [0, 0.1) is 18.3 Å². The van der Waals surface area contributed by atoms with Gasteiger partial charge in [0.1, 0.15) is 41.2 Å². The van der Waals surface area contributed by atoms with Crippen LogP contribution in [0.2, 0.25) is 0 Å². The van der Waals surface area contributed by atoms with E-state index in [1.165, 1.54) is 4.57 Å².